The largest absolute Gasteiger partial charge is 0.380 e. The number of amides is 4. The molecule has 0 heterocycles. The van der Waals surface area contributed by atoms with Gasteiger partial charge in [-0.15, -0.1) is 0 Å². The van der Waals surface area contributed by atoms with Gasteiger partial charge in [-0.3, -0.25) is 33.6 Å². The van der Waals surface area contributed by atoms with Gasteiger partial charge in [-0.05, 0) is 142 Å². The van der Waals surface area contributed by atoms with Crippen LogP contribution in [-0.2, 0) is 57.2 Å². The Balaban J connectivity index is -0.000000175. The van der Waals surface area contributed by atoms with Crippen LogP contribution in [-0.4, -0.2) is 133 Å². The van der Waals surface area contributed by atoms with Crippen LogP contribution in [0.5, 0.6) is 0 Å². The molecule has 4 N–H and O–H groups in total. The van der Waals surface area contributed by atoms with Crippen LogP contribution in [0, 0.1) is 94.7 Å². The van der Waals surface area contributed by atoms with Crippen molar-refractivity contribution in [1.29, 1.82) is 0 Å². The predicted molar refractivity (Wildman–Crippen MR) is 456 cm³/mol. The average molecular weight is 1520 g/mol. The third-order valence-electron chi connectivity index (χ3n) is 16.1. The van der Waals surface area contributed by atoms with Crippen molar-refractivity contribution in [2.75, 3.05) is 92.2 Å². The molecule has 0 atom stereocenters. The highest BCUT2D eigenvalue weighted by atomic mass is 16.5. The first-order chi connectivity index (χ1) is 49.3. The molecule has 0 saturated carbocycles. The fourth-order valence-corrected chi connectivity index (χ4v) is 8.63. The molecule has 0 aliphatic rings. The topological polar surface area (TPSA) is 214 Å². The molecule has 16 heteroatoms. The van der Waals surface area contributed by atoms with E-state index < -0.39 is 0 Å². The Morgan fingerprint density at radius 3 is 0.670 bits per heavy atom. The number of hydrogen-bond acceptors (Lipinski definition) is 12. The van der Waals surface area contributed by atoms with E-state index in [0.29, 0.717) is 136 Å². The highest BCUT2D eigenvalue weighted by Crippen LogP contribution is 2.13. The summed E-state index contributed by atoms with van der Waals surface area (Å²) in [5, 5.41) is 11.6. The fraction of sp³-hybridized carbons (Fsp3) is 0.922. The van der Waals surface area contributed by atoms with Crippen molar-refractivity contribution < 1.29 is 57.2 Å². The third kappa shape index (κ3) is 124. The number of ketones is 3. The van der Waals surface area contributed by atoms with E-state index in [1.54, 1.807) is 0 Å². The summed E-state index contributed by atoms with van der Waals surface area (Å²) in [7, 11) is 0. The molecule has 4 amide bonds. The lowest BCUT2D eigenvalue weighted by Crippen LogP contribution is -2.27. The van der Waals surface area contributed by atoms with Gasteiger partial charge in [-0.25, -0.2) is 0 Å². The van der Waals surface area contributed by atoms with E-state index in [1.165, 1.54) is 6.42 Å². The molecular weight excluding hydrogens is 1330 g/mol. The molecule has 0 aromatic rings. The molecule has 638 valence electrons. The van der Waals surface area contributed by atoms with E-state index in [9.17, 15) is 33.6 Å². The second kappa shape index (κ2) is 85.7. The maximum absolute atomic E-state index is 11.5. The number of Topliss-reactive ketones (excluding diaryl/α,β-unsaturated/α-hetero) is 3. The predicted octanol–water partition coefficient (Wildman–Crippen LogP) is 21.8. The van der Waals surface area contributed by atoms with Crippen LogP contribution >= 0.6 is 0 Å². The van der Waals surface area contributed by atoms with Crippen molar-refractivity contribution in [3.8, 4) is 0 Å². The Bertz CT molecular complexity index is 1870. The molecule has 0 unspecified atom stereocenters. The summed E-state index contributed by atoms with van der Waals surface area (Å²) < 4.78 is 27.1. The number of carbonyl (C=O) groups excluding carboxylic acids is 7. The first-order valence-electron chi connectivity index (χ1n) is 42.9. The van der Waals surface area contributed by atoms with E-state index in [-0.39, 0.29) is 47.3 Å². The normalized spacial score (nSPS) is 11.1. The van der Waals surface area contributed by atoms with Gasteiger partial charge in [-0.1, -0.05) is 247 Å². The number of nitrogens with one attached hydrogen (secondary N) is 4. The van der Waals surface area contributed by atoms with Crippen molar-refractivity contribution in [2.24, 2.45) is 94.7 Å². The summed E-state index contributed by atoms with van der Waals surface area (Å²) in [6, 6.07) is 0. The summed E-state index contributed by atoms with van der Waals surface area (Å²) in [6.45, 7) is 77.8. The zero-order valence-electron chi connectivity index (χ0n) is 76.4. The van der Waals surface area contributed by atoms with Gasteiger partial charge in [0.1, 0.15) is 17.3 Å². The zero-order valence-corrected chi connectivity index (χ0v) is 76.4. The minimum atomic E-state index is 0.127. The van der Waals surface area contributed by atoms with Crippen molar-refractivity contribution >= 4 is 41.0 Å². The van der Waals surface area contributed by atoms with Gasteiger partial charge in [0.15, 0.2) is 0 Å². The van der Waals surface area contributed by atoms with Crippen molar-refractivity contribution in [3.05, 3.63) is 0 Å². The summed E-state index contributed by atoms with van der Waals surface area (Å²) >= 11 is 0. The molecule has 0 aliphatic carbocycles. The fourth-order valence-electron chi connectivity index (χ4n) is 8.63. The minimum Gasteiger partial charge on any atom is -0.380 e. The molecule has 16 nitrogen and oxygen atoms in total. The number of rotatable bonds is 55. The Morgan fingerprint density at radius 1 is 0.208 bits per heavy atom. The molecule has 106 heavy (non-hydrogen) atoms. The van der Waals surface area contributed by atoms with Crippen LogP contribution in [0.1, 0.15) is 356 Å². The molecule has 0 saturated heterocycles. The molecule has 0 spiro atoms. The Kier molecular flexibility index (Phi) is 95.7. The van der Waals surface area contributed by atoms with Gasteiger partial charge in [0.25, 0.3) is 0 Å². The van der Waals surface area contributed by atoms with Crippen LogP contribution in [0.15, 0.2) is 0 Å². The second-order valence-electron chi connectivity index (χ2n) is 35.2. The van der Waals surface area contributed by atoms with Crippen LogP contribution in [0.2, 0.25) is 0 Å². The van der Waals surface area contributed by atoms with Gasteiger partial charge < -0.3 is 45.0 Å². The molecule has 0 aromatic carbocycles. The SMILES string of the molecule is CC(C)C(=O)C(C)C.CC(C)CCC(=O)C(C)C.CC(C)CCCC(=O)C(C)C.CC(C)CCCC(=O)NCCC(C)C.CC(C)CCCC(=O)NCCOCCC(C)C.CC(C)CCCC(=O)NCCOCCOCCC(C)C.CC(C)CCNC(=O)CC(C)C.CC(C)CCOCCOCCC(C)C. The highest BCUT2D eigenvalue weighted by Gasteiger charge is 2.12. The summed E-state index contributed by atoms with van der Waals surface area (Å²) in [5.74, 6) is 10.8. The van der Waals surface area contributed by atoms with E-state index in [0.717, 1.165) is 173 Å². The third-order valence-corrected chi connectivity index (χ3v) is 16.1. The lowest BCUT2D eigenvalue weighted by molar-refractivity contribution is -0.125. The summed E-state index contributed by atoms with van der Waals surface area (Å²) in [4.78, 5) is 78.3. The van der Waals surface area contributed by atoms with Gasteiger partial charge in [0.05, 0.1) is 39.6 Å². The number of hydrogen-bond donors (Lipinski definition) is 4. The van der Waals surface area contributed by atoms with Gasteiger partial charge in [0.2, 0.25) is 23.6 Å². The summed E-state index contributed by atoms with van der Waals surface area (Å²) in [5.41, 5.74) is 0. The minimum absolute atomic E-state index is 0.127. The van der Waals surface area contributed by atoms with Crippen molar-refractivity contribution in [1.82, 2.24) is 21.3 Å². The second-order valence-corrected chi connectivity index (χ2v) is 35.2. The zero-order chi connectivity index (χ0) is 83.4. The highest BCUT2D eigenvalue weighted by molar-refractivity contribution is 5.82. The number of carbonyl (C=O) groups is 7. The Morgan fingerprint density at radius 2 is 0.434 bits per heavy atom. The quantitative estimate of drug-likeness (QED) is 0.0419. The molecule has 0 fully saturated rings. The number of ether oxygens (including phenoxy) is 5. The molecule has 0 radical (unpaired) electrons. The Labute approximate surface area is 659 Å². The van der Waals surface area contributed by atoms with Gasteiger partial charge >= 0.3 is 0 Å². The monoisotopic (exact) mass is 1520 g/mol. The lowest BCUT2D eigenvalue weighted by atomic mass is 9.99. The van der Waals surface area contributed by atoms with Crippen molar-refractivity contribution in [2.45, 2.75) is 356 Å². The lowest BCUT2D eigenvalue weighted by Gasteiger charge is -2.08. The molecular formula is C90H186N4O12. The summed E-state index contributed by atoms with van der Waals surface area (Å²) in [6.07, 6.45) is 20.4. The van der Waals surface area contributed by atoms with Gasteiger partial charge in [-0.2, -0.15) is 0 Å². The van der Waals surface area contributed by atoms with Crippen LogP contribution in [0.3, 0.4) is 0 Å². The molecule has 0 aliphatic heterocycles. The van der Waals surface area contributed by atoms with Crippen molar-refractivity contribution in [3.63, 3.8) is 0 Å². The smallest absolute Gasteiger partial charge is 0.220 e. The first-order valence-corrected chi connectivity index (χ1v) is 42.9. The maximum Gasteiger partial charge on any atom is 0.220 e. The standard InChI is InChI=1S/C16H33NO3.C14H29NO2.C12H25NO.C12H26O2.C10H21NO.C10H20O.C9H18O.C7H14O/c1-14(2)6-5-7-16(18)17-9-11-20-13-12-19-10-8-15(3)4;1-12(2)6-5-7-14(16)15-9-11-17-10-8-13(3)4;1-10(2)6-5-7-12(14)13-9-8-11(3)4;1-11(2)5-7-13-9-10-14-8-6-12(3)4;1-8(2)5-6-11-10(12)7-9(3)4;1-8(2)6-5-7-10(11)9(3)4;1-7(2)5-6-9(10)8(3)4;1-5(2)7(8)6(3)4/h14-15H,5-13H2,1-4H3,(H,17,18);12-13H,5-11H2,1-4H3,(H,15,16);10-11H,5-9H2,1-4H3,(H,13,14);11-12H,5-10H2,1-4H3;8-9H,5-7H2,1-4H3,(H,11,12);8-9H,5-7H2,1-4H3;7-8H,5-6H2,1-4H3;5-6H,1-4H3. The van der Waals surface area contributed by atoms with Crippen LogP contribution in [0.25, 0.3) is 0 Å². The van der Waals surface area contributed by atoms with Crippen LogP contribution < -0.4 is 21.3 Å². The van der Waals surface area contributed by atoms with E-state index in [2.05, 4.69) is 187 Å². The average Bonchev–Trinajstić information content (AvgIpc) is 1.03. The molecule has 0 aromatic heterocycles. The van der Waals surface area contributed by atoms with E-state index in [1.807, 2.05) is 55.4 Å². The molecule has 0 rings (SSSR count). The first kappa shape index (κ1) is 118. The molecule has 0 bridgehead atoms. The van der Waals surface area contributed by atoms with E-state index in [4.69, 9.17) is 23.7 Å². The van der Waals surface area contributed by atoms with Crippen LogP contribution in [0.4, 0.5) is 0 Å². The van der Waals surface area contributed by atoms with E-state index >= 15 is 0 Å². The Hall–Kier alpha value is -3.31. The van der Waals surface area contributed by atoms with Gasteiger partial charge in [0, 0.05) is 115 Å². The maximum atomic E-state index is 11.5.